The van der Waals surface area contributed by atoms with Crippen LogP contribution in [0.3, 0.4) is 0 Å². The van der Waals surface area contributed by atoms with Gasteiger partial charge in [0.05, 0.1) is 6.61 Å². The lowest BCUT2D eigenvalue weighted by molar-refractivity contribution is -0.121. The molecule has 0 bridgehead atoms. The number of halogens is 1. The zero-order chi connectivity index (χ0) is 20.2. The molecule has 2 aromatic rings. The molecule has 8 nitrogen and oxygen atoms in total. The number of amides is 3. The van der Waals surface area contributed by atoms with E-state index in [1.165, 1.54) is 0 Å². The molecule has 1 aromatic carbocycles. The fourth-order valence-corrected chi connectivity index (χ4v) is 2.38. The van der Waals surface area contributed by atoms with Gasteiger partial charge in [0.25, 0.3) is 0 Å². The van der Waals surface area contributed by atoms with Gasteiger partial charge < -0.3 is 25.4 Å². The molecule has 1 heterocycles. The molecule has 0 fully saturated rings. The maximum absolute atomic E-state index is 11.9. The summed E-state index contributed by atoms with van der Waals surface area (Å²) in [4.78, 5) is 27.8. The molecule has 0 saturated heterocycles. The van der Waals surface area contributed by atoms with Gasteiger partial charge in [-0.05, 0) is 29.8 Å². The molecule has 150 valence electrons. The molecule has 0 aliphatic heterocycles. The van der Waals surface area contributed by atoms with Gasteiger partial charge in [-0.3, -0.25) is 4.79 Å². The highest BCUT2D eigenvalue weighted by Gasteiger charge is 2.05. The lowest BCUT2D eigenvalue weighted by Gasteiger charge is -2.09. The Hall–Kier alpha value is -2.65. The van der Waals surface area contributed by atoms with Crippen LogP contribution < -0.4 is 20.7 Å². The summed E-state index contributed by atoms with van der Waals surface area (Å²) in [6.07, 6.45) is 1.83. The van der Waals surface area contributed by atoms with Crippen LogP contribution in [0.1, 0.15) is 12.0 Å². The molecule has 0 aliphatic carbocycles. The number of hydrogen-bond acceptors (Lipinski definition) is 5. The topological polar surface area (TPSA) is 102 Å². The number of nitrogens with zero attached hydrogens (tertiary/aromatic N) is 1. The minimum absolute atomic E-state index is 0.163. The van der Waals surface area contributed by atoms with E-state index in [1.54, 1.807) is 31.5 Å². The highest BCUT2D eigenvalue weighted by molar-refractivity contribution is 9.10. The fraction of sp³-hybridized carbons (Fsp3) is 0.316. The number of urea groups is 1. The number of carbonyl (C=O) groups is 2. The molecule has 3 N–H and O–H groups in total. The first-order chi connectivity index (χ1) is 13.6. The number of pyridine rings is 1. The van der Waals surface area contributed by atoms with E-state index < -0.39 is 0 Å². The standard InChI is InChI=1S/C19H23BrN4O4/c1-27-10-11-28-18-7-2-14(13-23-18)12-22-17(25)8-9-21-19(26)24-16-5-3-15(20)4-6-16/h2-7,13H,8-12H2,1H3,(H,22,25)(H2,21,24,26). The predicted octanol–water partition coefficient (Wildman–Crippen LogP) is 2.70. The molecule has 0 spiro atoms. The van der Waals surface area contributed by atoms with Crippen molar-refractivity contribution in [1.29, 1.82) is 0 Å². The normalized spacial score (nSPS) is 10.2. The van der Waals surface area contributed by atoms with Gasteiger partial charge in [-0.2, -0.15) is 0 Å². The van der Waals surface area contributed by atoms with Crippen molar-refractivity contribution < 1.29 is 19.1 Å². The van der Waals surface area contributed by atoms with E-state index >= 15 is 0 Å². The fourth-order valence-electron chi connectivity index (χ4n) is 2.12. The third-order valence-electron chi connectivity index (χ3n) is 3.56. The van der Waals surface area contributed by atoms with Crippen LogP contribution in [0.2, 0.25) is 0 Å². The summed E-state index contributed by atoms with van der Waals surface area (Å²) in [6.45, 7) is 1.52. The second kappa shape index (κ2) is 11.9. The highest BCUT2D eigenvalue weighted by Crippen LogP contribution is 2.13. The molecule has 0 saturated carbocycles. The number of anilines is 1. The smallest absolute Gasteiger partial charge is 0.319 e. The third kappa shape index (κ3) is 8.36. The monoisotopic (exact) mass is 450 g/mol. The highest BCUT2D eigenvalue weighted by atomic mass is 79.9. The predicted molar refractivity (Wildman–Crippen MR) is 109 cm³/mol. The van der Waals surface area contributed by atoms with Crippen LogP contribution in [0, 0.1) is 0 Å². The summed E-state index contributed by atoms with van der Waals surface area (Å²) in [6, 6.07) is 10.4. The van der Waals surface area contributed by atoms with Crippen molar-refractivity contribution in [3.05, 3.63) is 52.6 Å². The number of nitrogens with one attached hydrogen (secondary N) is 3. The Balaban J connectivity index is 1.61. The van der Waals surface area contributed by atoms with E-state index in [1.807, 2.05) is 18.2 Å². The first kappa shape index (κ1) is 21.6. The molecule has 9 heteroatoms. The van der Waals surface area contributed by atoms with E-state index in [4.69, 9.17) is 9.47 Å². The zero-order valence-corrected chi connectivity index (χ0v) is 17.1. The summed E-state index contributed by atoms with van der Waals surface area (Å²) in [5.41, 5.74) is 1.53. The minimum atomic E-state index is -0.358. The van der Waals surface area contributed by atoms with Crippen molar-refractivity contribution in [2.24, 2.45) is 0 Å². The van der Waals surface area contributed by atoms with E-state index in [0.717, 1.165) is 10.0 Å². The summed E-state index contributed by atoms with van der Waals surface area (Å²) in [5.74, 6) is 0.345. The Morgan fingerprint density at radius 3 is 2.54 bits per heavy atom. The second-order valence-corrected chi connectivity index (χ2v) is 6.68. The molecule has 2 rings (SSSR count). The van der Waals surface area contributed by atoms with Gasteiger partial charge in [0.1, 0.15) is 6.61 Å². The number of aromatic nitrogens is 1. The maximum atomic E-state index is 11.9. The van der Waals surface area contributed by atoms with Crippen LogP contribution in [0.15, 0.2) is 47.1 Å². The molecular formula is C19H23BrN4O4. The molecule has 0 aliphatic rings. The number of benzene rings is 1. The van der Waals surface area contributed by atoms with Gasteiger partial charge in [-0.15, -0.1) is 0 Å². The Morgan fingerprint density at radius 1 is 1.07 bits per heavy atom. The van der Waals surface area contributed by atoms with Crippen LogP contribution >= 0.6 is 15.9 Å². The summed E-state index contributed by atoms with van der Waals surface area (Å²) in [7, 11) is 1.60. The Kier molecular flexibility index (Phi) is 9.23. The zero-order valence-electron chi connectivity index (χ0n) is 15.5. The first-order valence-electron chi connectivity index (χ1n) is 8.70. The summed E-state index contributed by atoms with van der Waals surface area (Å²) >= 11 is 3.33. The quantitative estimate of drug-likeness (QED) is 0.483. The average molecular weight is 451 g/mol. The number of hydrogen-bond donors (Lipinski definition) is 3. The van der Waals surface area contributed by atoms with Gasteiger partial charge >= 0.3 is 6.03 Å². The average Bonchev–Trinajstić information content (AvgIpc) is 2.69. The summed E-state index contributed by atoms with van der Waals surface area (Å²) < 4.78 is 11.2. The number of methoxy groups -OCH3 is 1. The Labute approximate surface area is 172 Å². The van der Waals surface area contributed by atoms with Crippen molar-refractivity contribution in [2.75, 3.05) is 32.2 Å². The van der Waals surface area contributed by atoms with E-state index in [9.17, 15) is 9.59 Å². The van der Waals surface area contributed by atoms with Crippen molar-refractivity contribution >= 4 is 33.6 Å². The van der Waals surface area contributed by atoms with Crippen molar-refractivity contribution in [3.63, 3.8) is 0 Å². The van der Waals surface area contributed by atoms with E-state index in [2.05, 4.69) is 36.9 Å². The second-order valence-electron chi connectivity index (χ2n) is 5.76. The van der Waals surface area contributed by atoms with Crippen LogP contribution in [0.4, 0.5) is 10.5 Å². The van der Waals surface area contributed by atoms with Crippen LogP contribution in [-0.4, -0.2) is 43.8 Å². The van der Waals surface area contributed by atoms with Crippen molar-refractivity contribution in [3.8, 4) is 5.88 Å². The molecule has 0 atom stereocenters. The molecule has 28 heavy (non-hydrogen) atoms. The number of ether oxygens (including phenoxy) is 2. The summed E-state index contributed by atoms with van der Waals surface area (Å²) in [5, 5.41) is 8.12. The molecule has 0 unspecified atom stereocenters. The molecule has 1 aromatic heterocycles. The van der Waals surface area contributed by atoms with Gasteiger partial charge in [-0.1, -0.05) is 22.0 Å². The van der Waals surface area contributed by atoms with Crippen molar-refractivity contribution in [1.82, 2.24) is 15.6 Å². The SMILES string of the molecule is COCCOc1ccc(CNC(=O)CCNC(=O)Nc2ccc(Br)cc2)cn1. The Bertz CT molecular complexity index is 754. The van der Waals surface area contributed by atoms with Crippen LogP contribution in [0.5, 0.6) is 5.88 Å². The van der Waals surface area contributed by atoms with E-state index in [-0.39, 0.29) is 24.9 Å². The molecular weight excluding hydrogens is 428 g/mol. The first-order valence-corrected chi connectivity index (χ1v) is 9.50. The maximum Gasteiger partial charge on any atom is 0.319 e. The number of carbonyl (C=O) groups excluding carboxylic acids is 2. The molecule has 3 amide bonds. The molecule has 0 radical (unpaired) electrons. The lowest BCUT2D eigenvalue weighted by Crippen LogP contribution is -2.33. The third-order valence-corrected chi connectivity index (χ3v) is 4.09. The van der Waals surface area contributed by atoms with Crippen LogP contribution in [-0.2, 0) is 16.1 Å². The van der Waals surface area contributed by atoms with Crippen LogP contribution in [0.25, 0.3) is 0 Å². The van der Waals surface area contributed by atoms with Crippen molar-refractivity contribution in [2.45, 2.75) is 13.0 Å². The van der Waals surface area contributed by atoms with Gasteiger partial charge in [0.15, 0.2) is 0 Å². The van der Waals surface area contributed by atoms with Gasteiger partial charge in [0, 0.05) is 49.0 Å². The van der Waals surface area contributed by atoms with E-state index in [0.29, 0.717) is 31.3 Å². The van der Waals surface area contributed by atoms with Gasteiger partial charge in [0.2, 0.25) is 11.8 Å². The minimum Gasteiger partial charge on any atom is -0.475 e. The van der Waals surface area contributed by atoms with Gasteiger partial charge in [-0.25, -0.2) is 9.78 Å². The Morgan fingerprint density at radius 2 is 1.86 bits per heavy atom. The lowest BCUT2D eigenvalue weighted by atomic mass is 10.3. The largest absolute Gasteiger partial charge is 0.475 e. The number of rotatable bonds is 10.